The van der Waals surface area contributed by atoms with Crippen LogP contribution in [0.1, 0.15) is 89.1 Å². The molecular weight excluding hydrogens is 526 g/mol. The second kappa shape index (κ2) is 16.6. The maximum atomic E-state index is 13.7. The summed E-state index contributed by atoms with van der Waals surface area (Å²) in [5.74, 6) is -3.01. The van der Waals surface area contributed by atoms with Crippen LogP contribution in [0, 0.1) is 0 Å². The van der Waals surface area contributed by atoms with Crippen molar-refractivity contribution in [2.24, 2.45) is 4.99 Å². The first-order chi connectivity index (χ1) is 19.4. The predicted octanol–water partition coefficient (Wildman–Crippen LogP) is 6.13. The first kappa shape index (κ1) is 33.6. The fourth-order valence-electron chi connectivity index (χ4n) is 4.37. The zero-order chi connectivity index (χ0) is 30.4. The fourth-order valence-corrected chi connectivity index (χ4v) is 4.37. The molecule has 1 aromatic rings. The van der Waals surface area contributed by atoms with Gasteiger partial charge in [0.05, 0.1) is 12.6 Å². The molecule has 0 saturated heterocycles. The third kappa shape index (κ3) is 12.2. The summed E-state index contributed by atoms with van der Waals surface area (Å²) in [5, 5.41) is 5.39. The number of hydrogen-bond donors (Lipinski definition) is 2. The molecular formula is C32H44F2N4O3. The van der Waals surface area contributed by atoms with Crippen molar-refractivity contribution in [2.45, 2.75) is 91.7 Å². The molecule has 0 saturated carbocycles. The van der Waals surface area contributed by atoms with Crippen LogP contribution in [0.4, 0.5) is 8.78 Å². The summed E-state index contributed by atoms with van der Waals surface area (Å²) < 4.78 is 27.4. The van der Waals surface area contributed by atoms with Crippen molar-refractivity contribution >= 4 is 23.6 Å². The number of nitrogens with zero attached hydrogens (tertiary/aromatic N) is 2. The lowest BCUT2D eigenvalue weighted by atomic mass is 10.1. The number of aliphatic imine (C=N–C) groups is 1. The highest BCUT2D eigenvalue weighted by Gasteiger charge is 2.24. The average Bonchev–Trinajstić information content (AvgIpc) is 3.18. The molecule has 224 valence electrons. The number of alkyl halides is 2. The molecule has 1 aliphatic carbocycles. The lowest BCUT2D eigenvalue weighted by Gasteiger charge is -2.26. The molecule has 2 N–H and O–H groups in total. The quantitative estimate of drug-likeness (QED) is 0.160. The Morgan fingerprint density at radius 3 is 2.51 bits per heavy atom. The van der Waals surface area contributed by atoms with Crippen molar-refractivity contribution in [2.75, 3.05) is 13.1 Å². The largest absolute Gasteiger partial charge is 0.355 e. The van der Waals surface area contributed by atoms with Gasteiger partial charge < -0.3 is 10.6 Å². The van der Waals surface area contributed by atoms with E-state index in [9.17, 15) is 23.2 Å². The first-order valence-corrected chi connectivity index (χ1v) is 14.4. The molecule has 1 aromatic carbocycles. The fraction of sp³-hybridized carbons (Fsp3) is 0.500. The van der Waals surface area contributed by atoms with Gasteiger partial charge in [0.1, 0.15) is 5.84 Å². The van der Waals surface area contributed by atoms with E-state index < -0.39 is 5.92 Å². The SMILES string of the molecule is CCC(=O)N(Cc1cccc(C(=O)NCCNC(C)=O)c1)C(CCCC(C)(F)F)=NC(C)C1=CC=C(CC)CC=C1. The van der Waals surface area contributed by atoms with Crippen LogP contribution in [-0.2, 0) is 16.1 Å². The summed E-state index contributed by atoms with van der Waals surface area (Å²) in [6.45, 7) is 8.85. The van der Waals surface area contributed by atoms with Crippen molar-refractivity contribution in [3.8, 4) is 0 Å². The summed E-state index contributed by atoms with van der Waals surface area (Å²) in [6, 6.07) is 6.65. The summed E-state index contributed by atoms with van der Waals surface area (Å²) >= 11 is 0. The molecule has 7 nitrogen and oxygen atoms in total. The third-order valence-corrected chi connectivity index (χ3v) is 6.73. The van der Waals surface area contributed by atoms with E-state index in [4.69, 9.17) is 4.99 Å². The third-order valence-electron chi connectivity index (χ3n) is 6.73. The second-order valence-corrected chi connectivity index (χ2v) is 10.4. The number of nitrogens with one attached hydrogen (secondary N) is 2. The maximum absolute atomic E-state index is 13.7. The molecule has 0 spiro atoms. The Kier molecular flexibility index (Phi) is 13.6. The summed E-state index contributed by atoms with van der Waals surface area (Å²) in [4.78, 5) is 43.4. The minimum atomic E-state index is -2.81. The number of rotatable bonds is 14. The Morgan fingerprint density at radius 1 is 1.12 bits per heavy atom. The van der Waals surface area contributed by atoms with E-state index in [-0.39, 0.29) is 62.5 Å². The van der Waals surface area contributed by atoms with Gasteiger partial charge >= 0.3 is 0 Å². The standard InChI is InChI=1S/C32H44F2N4O3/c1-6-25-11-8-13-27(17-16-25)23(3)37-29(15-10-18-32(5,33)34)38(30(40)7-2)22-26-12-9-14-28(21-26)31(41)36-20-19-35-24(4)39/h8-9,12-14,16-17,21,23H,6-7,10-11,15,18-20,22H2,1-5H3,(H,35,39)(H,36,41). The lowest BCUT2D eigenvalue weighted by molar-refractivity contribution is -0.127. The zero-order valence-electron chi connectivity index (χ0n) is 24.9. The van der Waals surface area contributed by atoms with Crippen molar-refractivity contribution in [1.29, 1.82) is 0 Å². The van der Waals surface area contributed by atoms with E-state index in [1.54, 1.807) is 30.0 Å². The van der Waals surface area contributed by atoms with Crippen LogP contribution in [0.25, 0.3) is 0 Å². The Bertz CT molecular complexity index is 1180. The van der Waals surface area contributed by atoms with Crippen LogP contribution >= 0.6 is 0 Å². The van der Waals surface area contributed by atoms with E-state index in [0.29, 0.717) is 23.5 Å². The normalized spacial score (nSPS) is 14.5. The maximum Gasteiger partial charge on any atom is 0.251 e. The van der Waals surface area contributed by atoms with Crippen LogP contribution in [-0.4, -0.2) is 53.5 Å². The molecule has 0 aromatic heterocycles. The van der Waals surface area contributed by atoms with Gasteiger partial charge in [0.2, 0.25) is 17.7 Å². The second-order valence-electron chi connectivity index (χ2n) is 10.4. The molecule has 0 aliphatic heterocycles. The first-order valence-electron chi connectivity index (χ1n) is 14.4. The Balaban J connectivity index is 2.34. The van der Waals surface area contributed by atoms with Crippen LogP contribution < -0.4 is 10.6 Å². The van der Waals surface area contributed by atoms with Crippen molar-refractivity contribution in [3.05, 3.63) is 70.8 Å². The molecule has 0 fully saturated rings. The predicted molar refractivity (Wildman–Crippen MR) is 160 cm³/mol. The van der Waals surface area contributed by atoms with Crippen molar-refractivity contribution < 1.29 is 23.2 Å². The van der Waals surface area contributed by atoms with Gasteiger partial charge in [-0.1, -0.05) is 55.9 Å². The van der Waals surface area contributed by atoms with E-state index in [1.165, 1.54) is 12.5 Å². The molecule has 3 amide bonds. The number of hydrogen-bond acceptors (Lipinski definition) is 4. The van der Waals surface area contributed by atoms with E-state index >= 15 is 0 Å². The monoisotopic (exact) mass is 570 g/mol. The molecule has 0 bridgehead atoms. The molecule has 0 radical (unpaired) electrons. The van der Waals surface area contributed by atoms with Crippen molar-refractivity contribution in [3.63, 3.8) is 0 Å². The molecule has 1 aliphatic rings. The van der Waals surface area contributed by atoms with Crippen LogP contribution in [0.2, 0.25) is 0 Å². The molecule has 1 atom stereocenters. The summed E-state index contributed by atoms with van der Waals surface area (Å²) in [5.41, 5.74) is 3.42. The van der Waals surface area contributed by atoms with Gasteiger partial charge in [-0.15, -0.1) is 0 Å². The number of allylic oxidation sites excluding steroid dienone is 4. The minimum Gasteiger partial charge on any atom is -0.355 e. The summed E-state index contributed by atoms with van der Waals surface area (Å²) in [6.07, 6.45) is 10.4. The van der Waals surface area contributed by atoms with Crippen molar-refractivity contribution in [1.82, 2.24) is 15.5 Å². The number of carbonyl (C=O) groups excluding carboxylic acids is 3. The molecule has 9 heteroatoms. The number of benzene rings is 1. The Morgan fingerprint density at radius 2 is 1.85 bits per heavy atom. The topological polar surface area (TPSA) is 90.9 Å². The van der Waals surface area contributed by atoms with Gasteiger partial charge in [-0.25, -0.2) is 8.78 Å². The van der Waals surface area contributed by atoms with Crippen LogP contribution in [0.3, 0.4) is 0 Å². The molecule has 2 rings (SSSR count). The average molecular weight is 571 g/mol. The van der Waals surface area contributed by atoms with Gasteiger partial charge in [0.25, 0.3) is 5.91 Å². The number of amides is 3. The van der Waals surface area contributed by atoms with Gasteiger partial charge in [0.15, 0.2) is 0 Å². The Hall–Kier alpha value is -3.62. The smallest absolute Gasteiger partial charge is 0.251 e. The van der Waals surface area contributed by atoms with Crippen LogP contribution in [0.15, 0.2) is 64.7 Å². The molecule has 1 unspecified atom stereocenters. The van der Waals surface area contributed by atoms with E-state index in [0.717, 1.165) is 25.3 Å². The highest BCUT2D eigenvalue weighted by molar-refractivity contribution is 5.98. The van der Waals surface area contributed by atoms with Gasteiger partial charge in [-0.05, 0) is 56.4 Å². The van der Waals surface area contributed by atoms with E-state index in [1.807, 2.05) is 25.1 Å². The number of carbonyl (C=O) groups is 3. The number of halogens is 2. The van der Waals surface area contributed by atoms with Gasteiger partial charge in [-0.3, -0.25) is 24.3 Å². The Labute approximate surface area is 242 Å². The molecule has 0 heterocycles. The lowest BCUT2D eigenvalue weighted by Crippen LogP contribution is -2.37. The van der Waals surface area contributed by atoms with Gasteiger partial charge in [0, 0.05) is 44.8 Å². The van der Waals surface area contributed by atoms with Gasteiger partial charge in [-0.2, -0.15) is 0 Å². The summed E-state index contributed by atoms with van der Waals surface area (Å²) in [7, 11) is 0. The molecule has 41 heavy (non-hydrogen) atoms. The zero-order valence-corrected chi connectivity index (χ0v) is 24.9. The number of amidine groups is 1. The van der Waals surface area contributed by atoms with E-state index in [2.05, 4.69) is 29.7 Å². The minimum absolute atomic E-state index is 0.155. The highest BCUT2D eigenvalue weighted by Crippen LogP contribution is 2.23. The van der Waals surface area contributed by atoms with Crippen LogP contribution in [0.5, 0.6) is 0 Å². The highest BCUT2D eigenvalue weighted by atomic mass is 19.3.